The molecule has 1 unspecified atom stereocenters. The molecule has 1 saturated heterocycles. The molecule has 4 rings (SSSR count). The number of carbonyl (C=O) groups is 2. The highest BCUT2D eigenvalue weighted by molar-refractivity contribution is 7.18. The molecule has 2 amide bonds. The highest BCUT2D eigenvalue weighted by Gasteiger charge is 2.34. The first kappa shape index (κ1) is 19.5. The van der Waals surface area contributed by atoms with Gasteiger partial charge in [0.05, 0.1) is 6.42 Å². The summed E-state index contributed by atoms with van der Waals surface area (Å²) in [6.07, 6.45) is 1.75. The summed E-state index contributed by atoms with van der Waals surface area (Å²) in [7, 11) is 0. The van der Waals surface area contributed by atoms with Gasteiger partial charge in [-0.2, -0.15) is 0 Å². The third-order valence-corrected chi connectivity index (χ3v) is 5.92. The predicted octanol–water partition coefficient (Wildman–Crippen LogP) is 4.03. The molecule has 1 aliphatic heterocycles. The molecule has 148 valence electrons. The number of benzene rings is 2. The van der Waals surface area contributed by atoms with E-state index >= 15 is 0 Å². The molecule has 0 radical (unpaired) electrons. The van der Waals surface area contributed by atoms with Crippen molar-refractivity contribution in [2.24, 2.45) is 0 Å². The molecule has 1 fully saturated rings. The predicted molar refractivity (Wildman–Crippen MR) is 114 cm³/mol. The van der Waals surface area contributed by atoms with Crippen molar-refractivity contribution in [3.63, 3.8) is 0 Å². The van der Waals surface area contributed by atoms with Gasteiger partial charge in [0, 0.05) is 17.1 Å². The molecule has 0 bridgehead atoms. The van der Waals surface area contributed by atoms with Crippen LogP contribution >= 0.6 is 22.9 Å². The molecule has 1 aromatic heterocycles. The Kier molecular flexibility index (Phi) is 5.87. The molecule has 8 heteroatoms. The van der Waals surface area contributed by atoms with Gasteiger partial charge in [0.25, 0.3) is 0 Å². The van der Waals surface area contributed by atoms with Gasteiger partial charge in [-0.15, -0.1) is 10.2 Å². The highest BCUT2D eigenvalue weighted by atomic mass is 35.5. The van der Waals surface area contributed by atoms with E-state index in [2.05, 4.69) is 15.5 Å². The van der Waals surface area contributed by atoms with Crippen molar-refractivity contribution in [2.75, 3.05) is 11.9 Å². The summed E-state index contributed by atoms with van der Waals surface area (Å²) in [5.41, 5.74) is 1.79. The lowest BCUT2D eigenvalue weighted by molar-refractivity contribution is -0.136. The van der Waals surface area contributed by atoms with Gasteiger partial charge in [0.15, 0.2) is 0 Å². The number of amides is 2. The Morgan fingerprint density at radius 3 is 2.76 bits per heavy atom. The quantitative estimate of drug-likeness (QED) is 0.668. The van der Waals surface area contributed by atoms with Crippen molar-refractivity contribution in [3.8, 4) is 10.6 Å². The van der Waals surface area contributed by atoms with E-state index in [1.807, 2.05) is 42.5 Å². The molecule has 0 saturated carbocycles. The van der Waals surface area contributed by atoms with E-state index in [0.29, 0.717) is 34.5 Å². The normalized spacial score (nSPS) is 16.0. The van der Waals surface area contributed by atoms with Crippen LogP contribution < -0.4 is 5.32 Å². The van der Waals surface area contributed by atoms with Crippen molar-refractivity contribution < 1.29 is 9.59 Å². The minimum absolute atomic E-state index is 0.0364. The van der Waals surface area contributed by atoms with Gasteiger partial charge in [-0.1, -0.05) is 65.4 Å². The molecular weight excluding hydrogens is 408 g/mol. The average Bonchev–Trinajstić information content (AvgIpc) is 3.38. The lowest BCUT2D eigenvalue weighted by Crippen LogP contribution is -2.43. The summed E-state index contributed by atoms with van der Waals surface area (Å²) in [4.78, 5) is 27.2. The van der Waals surface area contributed by atoms with Crippen LogP contribution in [0.5, 0.6) is 0 Å². The molecule has 6 nitrogen and oxygen atoms in total. The van der Waals surface area contributed by atoms with Crippen LogP contribution in [0, 0.1) is 0 Å². The number of carbonyl (C=O) groups excluding carboxylic acids is 2. The standard InChI is InChI=1S/C21H19ClN4O2S/c22-16-9-4-8-15(13-16)20-24-25-21(29-20)23-19(28)17-10-5-11-26(17)18(27)12-14-6-2-1-3-7-14/h1-4,6-9,13,17H,5,10-12H2,(H,23,25,28). The van der Waals surface area contributed by atoms with E-state index in [0.717, 1.165) is 17.5 Å². The monoisotopic (exact) mass is 426 g/mol. The SMILES string of the molecule is O=C(Nc1nnc(-c2cccc(Cl)c2)s1)C1CCCN1C(=O)Cc1ccccc1. The van der Waals surface area contributed by atoms with Gasteiger partial charge >= 0.3 is 0 Å². The maximum atomic E-state index is 12.8. The first-order chi connectivity index (χ1) is 14.1. The zero-order valence-corrected chi connectivity index (χ0v) is 17.1. The number of rotatable bonds is 5. The number of hydrogen-bond donors (Lipinski definition) is 1. The van der Waals surface area contributed by atoms with Crippen LogP contribution in [0.15, 0.2) is 54.6 Å². The van der Waals surface area contributed by atoms with Crippen molar-refractivity contribution in [3.05, 3.63) is 65.2 Å². The Morgan fingerprint density at radius 1 is 1.14 bits per heavy atom. The summed E-state index contributed by atoms with van der Waals surface area (Å²) in [5.74, 6) is -0.261. The summed E-state index contributed by atoms with van der Waals surface area (Å²) < 4.78 is 0. The highest BCUT2D eigenvalue weighted by Crippen LogP contribution is 2.29. The number of anilines is 1. The van der Waals surface area contributed by atoms with Gasteiger partial charge in [0.1, 0.15) is 11.0 Å². The second kappa shape index (κ2) is 8.71. The number of halogens is 1. The second-order valence-corrected chi connectivity index (χ2v) is 8.23. The lowest BCUT2D eigenvalue weighted by Gasteiger charge is -2.23. The Hall–Kier alpha value is -2.77. The van der Waals surface area contributed by atoms with E-state index in [1.54, 1.807) is 17.0 Å². The van der Waals surface area contributed by atoms with Gasteiger partial charge in [-0.05, 0) is 30.5 Å². The molecule has 1 atom stereocenters. The number of likely N-dealkylation sites (tertiary alicyclic amines) is 1. The third kappa shape index (κ3) is 4.63. The largest absolute Gasteiger partial charge is 0.330 e. The van der Waals surface area contributed by atoms with Crippen LogP contribution in [0.2, 0.25) is 5.02 Å². The van der Waals surface area contributed by atoms with E-state index in [1.165, 1.54) is 11.3 Å². The Bertz CT molecular complexity index is 1020. The first-order valence-electron chi connectivity index (χ1n) is 9.34. The maximum Gasteiger partial charge on any atom is 0.249 e. The first-order valence-corrected chi connectivity index (χ1v) is 10.5. The van der Waals surface area contributed by atoms with Gasteiger partial charge in [-0.3, -0.25) is 14.9 Å². The Morgan fingerprint density at radius 2 is 1.97 bits per heavy atom. The average molecular weight is 427 g/mol. The fraction of sp³-hybridized carbons (Fsp3) is 0.238. The molecule has 1 N–H and O–H groups in total. The maximum absolute atomic E-state index is 12.8. The number of nitrogens with one attached hydrogen (secondary N) is 1. The van der Waals surface area contributed by atoms with E-state index in [9.17, 15) is 9.59 Å². The van der Waals surface area contributed by atoms with Crippen LogP contribution in [0.3, 0.4) is 0 Å². The van der Waals surface area contributed by atoms with Crippen LogP contribution in [0.25, 0.3) is 10.6 Å². The van der Waals surface area contributed by atoms with Gasteiger partial charge in [0.2, 0.25) is 16.9 Å². The third-order valence-electron chi connectivity index (χ3n) is 4.80. The minimum Gasteiger partial charge on any atom is -0.330 e. The molecule has 29 heavy (non-hydrogen) atoms. The summed E-state index contributed by atoms with van der Waals surface area (Å²) in [6.45, 7) is 0.591. The molecule has 1 aliphatic rings. The van der Waals surface area contributed by atoms with E-state index < -0.39 is 6.04 Å². The van der Waals surface area contributed by atoms with Crippen molar-refractivity contribution in [1.29, 1.82) is 0 Å². The fourth-order valence-corrected chi connectivity index (χ4v) is 4.34. The zero-order valence-electron chi connectivity index (χ0n) is 15.5. The van der Waals surface area contributed by atoms with Crippen LogP contribution in [0.4, 0.5) is 5.13 Å². The van der Waals surface area contributed by atoms with Gasteiger partial charge in [-0.25, -0.2) is 0 Å². The van der Waals surface area contributed by atoms with Crippen LogP contribution in [-0.2, 0) is 16.0 Å². The minimum atomic E-state index is -0.482. The van der Waals surface area contributed by atoms with Crippen LogP contribution in [-0.4, -0.2) is 39.5 Å². The summed E-state index contributed by atoms with van der Waals surface area (Å²) in [6, 6.07) is 16.4. The molecule has 2 aromatic carbocycles. The lowest BCUT2D eigenvalue weighted by atomic mass is 10.1. The molecular formula is C21H19ClN4O2S. The topological polar surface area (TPSA) is 75.2 Å². The van der Waals surface area contributed by atoms with Crippen LogP contribution in [0.1, 0.15) is 18.4 Å². The number of nitrogens with zero attached hydrogens (tertiary/aromatic N) is 3. The molecule has 2 heterocycles. The van der Waals surface area contributed by atoms with Gasteiger partial charge < -0.3 is 4.90 Å². The second-order valence-electron chi connectivity index (χ2n) is 6.82. The molecule has 0 spiro atoms. The molecule has 3 aromatic rings. The van der Waals surface area contributed by atoms with E-state index in [-0.39, 0.29) is 11.8 Å². The number of aromatic nitrogens is 2. The Labute approximate surface area is 177 Å². The Balaban J connectivity index is 1.42. The van der Waals surface area contributed by atoms with Crippen molar-refractivity contribution in [2.45, 2.75) is 25.3 Å². The van der Waals surface area contributed by atoms with Crippen molar-refractivity contribution >= 4 is 39.9 Å². The van der Waals surface area contributed by atoms with E-state index in [4.69, 9.17) is 11.6 Å². The molecule has 0 aliphatic carbocycles. The summed E-state index contributed by atoms with van der Waals surface area (Å²) >= 11 is 7.30. The fourth-order valence-electron chi connectivity index (χ4n) is 3.41. The zero-order chi connectivity index (χ0) is 20.2. The summed E-state index contributed by atoms with van der Waals surface area (Å²) in [5, 5.41) is 12.7. The smallest absolute Gasteiger partial charge is 0.249 e. The number of hydrogen-bond acceptors (Lipinski definition) is 5. The van der Waals surface area contributed by atoms with Crippen molar-refractivity contribution in [1.82, 2.24) is 15.1 Å².